The molecule has 2 aliphatic rings. The predicted octanol–water partition coefficient (Wildman–Crippen LogP) is 5.16. The highest BCUT2D eigenvalue weighted by Gasteiger charge is 2.48. The normalized spacial score (nSPS) is 24.5. The molecule has 0 bridgehead atoms. The van der Waals surface area contributed by atoms with E-state index in [0.717, 1.165) is 0 Å². The van der Waals surface area contributed by atoms with Crippen molar-refractivity contribution in [1.82, 2.24) is 0 Å². The van der Waals surface area contributed by atoms with Crippen LogP contribution in [0.3, 0.4) is 0 Å². The summed E-state index contributed by atoms with van der Waals surface area (Å²) < 4.78 is 80.2. The van der Waals surface area contributed by atoms with Crippen molar-refractivity contribution in [3.8, 4) is 11.5 Å². The number of nitrogens with zero attached hydrogens (tertiary/aromatic N) is 3. The highest BCUT2D eigenvalue weighted by molar-refractivity contribution is 5.95. The van der Waals surface area contributed by atoms with Crippen LogP contribution in [0.1, 0.15) is 19.8 Å². The maximum Gasteiger partial charge on any atom is 0.431 e. The molecular formula is C25H26F5N3O3. The van der Waals surface area contributed by atoms with Gasteiger partial charge in [-0.05, 0) is 36.4 Å². The van der Waals surface area contributed by atoms with Gasteiger partial charge in [0.2, 0.25) is 0 Å². The van der Waals surface area contributed by atoms with Gasteiger partial charge in [0.15, 0.2) is 6.17 Å². The molecule has 2 aromatic rings. The number of piperidine rings is 1. The summed E-state index contributed by atoms with van der Waals surface area (Å²) in [6.45, 7) is 1.69. The Kier molecular flexibility index (Phi) is 7.37. The highest BCUT2D eigenvalue weighted by atomic mass is 19.4. The summed E-state index contributed by atoms with van der Waals surface area (Å²) >= 11 is 0. The minimum Gasteiger partial charge on any atom is -0.497 e. The van der Waals surface area contributed by atoms with Crippen molar-refractivity contribution >= 4 is 23.4 Å². The van der Waals surface area contributed by atoms with Crippen molar-refractivity contribution < 1.29 is 36.2 Å². The molecule has 0 spiro atoms. The Morgan fingerprint density at radius 3 is 2.44 bits per heavy atom. The molecule has 6 nitrogen and oxygen atoms in total. The minimum absolute atomic E-state index is 0.0686. The summed E-state index contributed by atoms with van der Waals surface area (Å²) in [6.07, 6.45) is -6.02. The zero-order chi connectivity index (χ0) is 26.0. The SMILES string of the molecule is COc1ccc(F)c(N2CCC(Oc3ccc(N4N=C(C(F)(F)F)C(C)C4CC=O)cc3)C(F)C2)c1. The van der Waals surface area contributed by atoms with Crippen molar-refractivity contribution in [3.05, 3.63) is 48.3 Å². The van der Waals surface area contributed by atoms with Gasteiger partial charge in [-0.3, -0.25) is 5.01 Å². The first-order chi connectivity index (χ1) is 17.1. The first-order valence-electron chi connectivity index (χ1n) is 11.5. The van der Waals surface area contributed by atoms with Gasteiger partial charge < -0.3 is 19.2 Å². The third-order valence-electron chi connectivity index (χ3n) is 6.53. The van der Waals surface area contributed by atoms with Crippen LogP contribution in [0.4, 0.5) is 33.3 Å². The van der Waals surface area contributed by atoms with Crippen LogP contribution in [-0.2, 0) is 4.79 Å². The molecule has 0 aromatic heterocycles. The average Bonchev–Trinajstić information content (AvgIpc) is 3.18. The maximum absolute atomic E-state index is 15.0. The van der Waals surface area contributed by atoms with E-state index in [0.29, 0.717) is 36.4 Å². The Balaban J connectivity index is 1.43. The summed E-state index contributed by atoms with van der Waals surface area (Å²) in [5.74, 6) is -0.641. The lowest BCUT2D eigenvalue weighted by Crippen LogP contribution is -2.47. The second-order valence-corrected chi connectivity index (χ2v) is 8.80. The molecule has 36 heavy (non-hydrogen) atoms. The van der Waals surface area contributed by atoms with E-state index in [-0.39, 0.29) is 18.7 Å². The summed E-state index contributed by atoms with van der Waals surface area (Å²) in [5, 5.41) is 4.94. The molecule has 2 aliphatic heterocycles. The fourth-order valence-corrected chi connectivity index (χ4v) is 4.59. The molecule has 194 valence electrons. The molecule has 2 aromatic carbocycles. The molecule has 0 aliphatic carbocycles. The summed E-state index contributed by atoms with van der Waals surface area (Å²) in [6, 6.07) is 9.62. The zero-order valence-electron chi connectivity index (χ0n) is 19.7. The van der Waals surface area contributed by atoms with Crippen molar-refractivity contribution in [2.45, 2.75) is 44.3 Å². The number of benzene rings is 2. The number of rotatable bonds is 7. The molecule has 0 N–H and O–H groups in total. The quantitative estimate of drug-likeness (QED) is 0.380. The number of alkyl halides is 4. The van der Waals surface area contributed by atoms with Crippen molar-refractivity contribution in [2.24, 2.45) is 11.0 Å². The van der Waals surface area contributed by atoms with E-state index in [1.807, 2.05) is 0 Å². The number of ether oxygens (including phenoxy) is 2. The summed E-state index contributed by atoms with van der Waals surface area (Å²) in [5.41, 5.74) is -0.321. The molecule has 0 amide bonds. The maximum atomic E-state index is 15.0. The third kappa shape index (κ3) is 5.24. The molecule has 1 fully saturated rings. The lowest BCUT2D eigenvalue weighted by molar-refractivity contribution is -0.108. The van der Waals surface area contributed by atoms with Crippen LogP contribution in [0.25, 0.3) is 0 Å². The number of hydrogen-bond acceptors (Lipinski definition) is 6. The first-order valence-corrected chi connectivity index (χ1v) is 11.5. The fourth-order valence-electron chi connectivity index (χ4n) is 4.59. The number of carbonyl (C=O) groups is 1. The van der Waals surface area contributed by atoms with E-state index in [1.54, 1.807) is 4.90 Å². The Morgan fingerprint density at radius 2 is 1.83 bits per heavy atom. The fraction of sp³-hybridized carbons (Fsp3) is 0.440. The monoisotopic (exact) mass is 511 g/mol. The number of hydrogen-bond donors (Lipinski definition) is 0. The van der Waals surface area contributed by atoms with E-state index in [9.17, 15) is 26.7 Å². The molecule has 2 heterocycles. The molecule has 1 saturated heterocycles. The topological polar surface area (TPSA) is 54.4 Å². The van der Waals surface area contributed by atoms with Crippen LogP contribution < -0.4 is 19.4 Å². The molecule has 4 rings (SSSR count). The van der Waals surface area contributed by atoms with E-state index in [4.69, 9.17) is 9.47 Å². The Labute approximate surface area is 205 Å². The van der Waals surface area contributed by atoms with Gasteiger partial charge in [0.25, 0.3) is 0 Å². The standard InChI is InChI=1S/C25H26F5N3O3/c1-15-21(10-12-34)33(31-24(15)25(28,29)30)16-3-5-17(6-4-16)36-23-9-11-32(14-20(23)27)22-13-18(35-2)7-8-19(22)26/h3-8,12-13,15,20-21,23H,9-11,14H2,1-2H3. The van der Waals surface area contributed by atoms with Crippen molar-refractivity contribution in [2.75, 3.05) is 30.1 Å². The van der Waals surface area contributed by atoms with Gasteiger partial charge in [-0.15, -0.1) is 0 Å². The van der Waals surface area contributed by atoms with Gasteiger partial charge in [0.1, 0.15) is 35.4 Å². The number of methoxy groups -OCH3 is 1. The minimum atomic E-state index is -4.60. The number of anilines is 2. The van der Waals surface area contributed by atoms with Crippen LogP contribution in [0.15, 0.2) is 47.6 Å². The Bertz CT molecular complexity index is 1110. The van der Waals surface area contributed by atoms with Gasteiger partial charge in [-0.2, -0.15) is 18.3 Å². The van der Waals surface area contributed by atoms with Crippen LogP contribution >= 0.6 is 0 Å². The number of halogens is 5. The van der Waals surface area contributed by atoms with E-state index in [1.165, 1.54) is 61.5 Å². The zero-order valence-corrected chi connectivity index (χ0v) is 19.7. The lowest BCUT2D eigenvalue weighted by Gasteiger charge is -2.36. The third-order valence-corrected chi connectivity index (χ3v) is 6.53. The number of carbonyl (C=O) groups excluding carboxylic acids is 1. The summed E-state index contributed by atoms with van der Waals surface area (Å²) in [7, 11) is 1.47. The molecule has 4 unspecified atom stereocenters. The van der Waals surface area contributed by atoms with Gasteiger partial charge in [-0.25, -0.2) is 8.78 Å². The first kappa shape index (κ1) is 25.7. The van der Waals surface area contributed by atoms with Crippen LogP contribution in [0.2, 0.25) is 0 Å². The van der Waals surface area contributed by atoms with Crippen molar-refractivity contribution in [3.63, 3.8) is 0 Å². The largest absolute Gasteiger partial charge is 0.497 e. The predicted molar refractivity (Wildman–Crippen MR) is 125 cm³/mol. The molecule has 0 radical (unpaired) electrons. The second-order valence-electron chi connectivity index (χ2n) is 8.80. The van der Waals surface area contributed by atoms with E-state index >= 15 is 0 Å². The van der Waals surface area contributed by atoms with Crippen LogP contribution in [-0.4, -0.2) is 56.7 Å². The van der Waals surface area contributed by atoms with E-state index < -0.39 is 41.9 Å². The molecule has 4 atom stereocenters. The van der Waals surface area contributed by atoms with Crippen LogP contribution in [0, 0.1) is 11.7 Å². The van der Waals surface area contributed by atoms with E-state index in [2.05, 4.69) is 5.10 Å². The lowest BCUT2D eigenvalue weighted by atomic mass is 9.95. The smallest absolute Gasteiger partial charge is 0.431 e. The Hall–Kier alpha value is -3.37. The molecular weight excluding hydrogens is 485 g/mol. The number of hydrazone groups is 1. The summed E-state index contributed by atoms with van der Waals surface area (Å²) in [4.78, 5) is 12.7. The van der Waals surface area contributed by atoms with Crippen molar-refractivity contribution in [1.29, 1.82) is 0 Å². The van der Waals surface area contributed by atoms with Gasteiger partial charge in [0, 0.05) is 31.4 Å². The molecule has 11 heteroatoms. The van der Waals surface area contributed by atoms with Gasteiger partial charge >= 0.3 is 6.18 Å². The van der Waals surface area contributed by atoms with Gasteiger partial charge in [0.05, 0.1) is 31.1 Å². The van der Waals surface area contributed by atoms with Crippen LogP contribution in [0.5, 0.6) is 11.5 Å². The second kappa shape index (κ2) is 10.3. The number of aldehydes is 1. The van der Waals surface area contributed by atoms with Gasteiger partial charge in [-0.1, -0.05) is 6.92 Å². The highest BCUT2D eigenvalue weighted by Crippen LogP contribution is 2.37. The molecule has 0 saturated carbocycles. The average molecular weight is 511 g/mol. The Morgan fingerprint density at radius 1 is 1.14 bits per heavy atom.